The van der Waals surface area contributed by atoms with Crippen LogP contribution in [0.3, 0.4) is 0 Å². The number of hydrogen-bond acceptors (Lipinski definition) is 4. The number of likely N-dealkylation sites (tertiary alicyclic amines) is 1. The van der Waals surface area contributed by atoms with Crippen molar-refractivity contribution < 1.29 is 14.0 Å². The van der Waals surface area contributed by atoms with E-state index in [2.05, 4.69) is 16.4 Å². The lowest BCUT2D eigenvalue weighted by Gasteiger charge is -2.34. The van der Waals surface area contributed by atoms with E-state index in [-0.39, 0.29) is 30.0 Å². The first kappa shape index (κ1) is 26.6. The molecule has 190 valence electrons. The number of piperidine rings is 1. The maximum Gasteiger partial charge on any atom is 0.222 e. The normalized spacial score (nSPS) is 16.4. The highest BCUT2D eigenvalue weighted by Gasteiger charge is 2.26. The summed E-state index contributed by atoms with van der Waals surface area (Å²) in [6, 6.07) is 10.6. The van der Waals surface area contributed by atoms with Gasteiger partial charge in [0, 0.05) is 38.2 Å². The minimum absolute atomic E-state index is 0.0888. The van der Waals surface area contributed by atoms with Gasteiger partial charge < -0.3 is 16.0 Å². The van der Waals surface area contributed by atoms with Gasteiger partial charge in [-0.15, -0.1) is 0 Å². The van der Waals surface area contributed by atoms with Crippen molar-refractivity contribution in [2.75, 3.05) is 25.0 Å². The molecule has 0 bridgehead atoms. The summed E-state index contributed by atoms with van der Waals surface area (Å²) in [5.41, 5.74) is 8.49. The van der Waals surface area contributed by atoms with Gasteiger partial charge in [0.15, 0.2) is 0 Å². The van der Waals surface area contributed by atoms with Crippen molar-refractivity contribution in [3.05, 3.63) is 59.0 Å². The Bertz CT molecular complexity index is 989. The summed E-state index contributed by atoms with van der Waals surface area (Å²) in [6.45, 7) is 6.39. The number of amides is 2. The Kier molecular flexibility index (Phi) is 10.1. The van der Waals surface area contributed by atoms with Crippen molar-refractivity contribution in [2.24, 2.45) is 11.7 Å². The quantitative estimate of drug-likeness (QED) is 0.564. The third-order valence-corrected chi connectivity index (χ3v) is 6.90. The van der Waals surface area contributed by atoms with Gasteiger partial charge in [-0.3, -0.25) is 9.59 Å². The average molecular weight is 483 g/mol. The van der Waals surface area contributed by atoms with Crippen molar-refractivity contribution >= 4 is 17.6 Å². The van der Waals surface area contributed by atoms with Crippen LogP contribution in [0.1, 0.15) is 75.1 Å². The smallest absolute Gasteiger partial charge is 0.222 e. The van der Waals surface area contributed by atoms with E-state index in [0.717, 1.165) is 68.8 Å². The molecule has 1 unspecified atom stereocenters. The van der Waals surface area contributed by atoms with Crippen LogP contribution in [0.4, 0.5) is 10.2 Å². The maximum absolute atomic E-state index is 13.7. The second kappa shape index (κ2) is 13.2. The Balaban J connectivity index is 0.00000167. The zero-order valence-corrected chi connectivity index (χ0v) is 21.1. The van der Waals surface area contributed by atoms with Crippen molar-refractivity contribution in [2.45, 2.75) is 71.1 Å². The van der Waals surface area contributed by atoms with Crippen LogP contribution in [0, 0.1) is 11.7 Å². The largest absolute Gasteiger partial charge is 0.370 e. The number of carbonyl (C=O) groups is 2. The van der Waals surface area contributed by atoms with Gasteiger partial charge in [0.25, 0.3) is 0 Å². The molecule has 1 aromatic heterocycles. The molecule has 1 atom stereocenters. The molecule has 0 saturated carbocycles. The fourth-order valence-corrected chi connectivity index (χ4v) is 5.06. The molecule has 2 amide bonds. The number of aromatic nitrogens is 1. The van der Waals surface area contributed by atoms with E-state index in [9.17, 15) is 14.0 Å². The van der Waals surface area contributed by atoms with E-state index in [1.54, 1.807) is 6.07 Å². The summed E-state index contributed by atoms with van der Waals surface area (Å²) < 4.78 is 13.7. The monoisotopic (exact) mass is 482 g/mol. The molecule has 1 aromatic carbocycles. The first-order valence-corrected chi connectivity index (χ1v) is 13.0. The van der Waals surface area contributed by atoms with Crippen LogP contribution in [0.15, 0.2) is 36.4 Å². The van der Waals surface area contributed by atoms with Gasteiger partial charge in [-0.25, -0.2) is 9.37 Å². The van der Waals surface area contributed by atoms with Crippen molar-refractivity contribution in [1.82, 2.24) is 9.88 Å². The zero-order chi connectivity index (χ0) is 25.2. The molecule has 2 aliphatic heterocycles. The fraction of sp³-hybridized carbons (Fsp3) is 0.536. The number of carbonyl (C=O) groups excluding carboxylic acids is 2. The van der Waals surface area contributed by atoms with Gasteiger partial charge in [-0.2, -0.15) is 0 Å². The number of nitrogens with one attached hydrogen (secondary N) is 1. The number of halogens is 1. The Labute approximate surface area is 208 Å². The number of aryl methyl sites for hydroxylation is 2. The number of pyridine rings is 1. The van der Waals surface area contributed by atoms with Crippen LogP contribution >= 0.6 is 0 Å². The van der Waals surface area contributed by atoms with Crippen LogP contribution in [-0.2, 0) is 22.4 Å². The van der Waals surface area contributed by atoms with Crippen LogP contribution in [0.25, 0.3) is 0 Å². The molecule has 7 heteroatoms. The van der Waals surface area contributed by atoms with Crippen molar-refractivity contribution in [3.8, 4) is 0 Å². The van der Waals surface area contributed by atoms with E-state index < -0.39 is 0 Å². The third-order valence-electron chi connectivity index (χ3n) is 6.90. The molecule has 1 fully saturated rings. The van der Waals surface area contributed by atoms with E-state index in [4.69, 9.17) is 5.73 Å². The van der Waals surface area contributed by atoms with Crippen LogP contribution in [0.5, 0.6) is 0 Å². The highest BCUT2D eigenvalue weighted by atomic mass is 19.1. The van der Waals surface area contributed by atoms with Crippen LogP contribution in [0.2, 0.25) is 0 Å². The number of hydrogen-bond donors (Lipinski definition) is 2. The molecular formula is C28H39FN4O2. The highest BCUT2D eigenvalue weighted by Crippen LogP contribution is 2.32. The predicted molar refractivity (Wildman–Crippen MR) is 138 cm³/mol. The van der Waals surface area contributed by atoms with E-state index in [1.165, 1.54) is 17.7 Å². The highest BCUT2D eigenvalue weighted by molar-refractivity contribution is 5.76. The molecule has 3 heterocycles. The SMILES string of the molecule is CC.NC(=O)CC(CC1CCN(C(=O)CCc2ccc3c(n2)NCCC3)CC1)c1cccc(F)c1. The first-order chi connectivity index (χ1) is 17.0. The van der Waals surface area contributed by atoms with Gasteiger partial charge in [0.2, 0.25) is 11.8 Å². The molecule has 4 rings (SSSR count). The van der Waals surface area contributed by atoms with E-state index in [1.807, 2.05) is 30.9 Å². The van der Waals surface area contributed by atoms with Gasteiger partial charge >= 0.3 is 0 Å². The number of fused-ring (bicyclic) bond motifs is 1. The molecular weight excluding hydrogens is 443 g/mol. The second-order valence-electron chi connectivity index (χ2n) is 9.32. The predicted octanol–water partition coefficient (Wildman–Crippen LogP) is 4.83. The number of nitrogens with zero attached hydrogens (tertiary/aromatic N) is 2. The molecule has 2 aromatic rings. The Morgan fingerprint density at radius 3 is 2.69 bits per heavy atom. The minimum atomic E-state index is -0.372. The number of rotatable bonds is 8. The molecule has 0 aliphatic carbocycles. The molecule has 0 spiro atoms. The van der Waals surface area contributed by atoms with Gasteiger partial charge in [0.05, 0.1) is 0 Å². The number of anilines is 1. The van der Waals surface area contributed by atoms with E-state index in [0.29, 0.717) is 18.8 Å². The fourth-order valence-electron chi connectivity index (χ4n) is 5.06. The molecule has 0 radical (unpaired) electrons. The lowest BCUT2D eigenvalue weighted by Crippen LogP contribution is -2.39. The summed E-state index contributed by atoms with van der Waals surface area (Å²) in [6.07, 6.45) is 6.06. The van der Waals surface area contributed by atoms with Crippen LogP contribution in [-0.4, -0.2) is 41.3 Å². The topological polar surface area (TPSA) is 88.3 Å². The molecule has 2 aliphatic rings. The van der Waals surface area contributed by atoms with Gasteiger partial charge in [0.1, 0.15) is 11.6 Å². The number of benzene rings is 1. The number of primary amides is 1. The third kappa shape index (κ3) is 7.77. The van der Waals surface area contributed by atoms with Crippen molar-refractivity contribution in [3.63, 3.8) is 0 Å². The zero-order valence-electron chi connectivity index (χ0n) is 21.1. The van der Waals surface area contributed by atoms with Crippen molar-refractivity contribution in [1.29, 1.82) is 0 Å². The van der Waals surface area contributed by atoms with Gasteiger partial charge in [-0.05, 0) is 79.7 Å². The summed E-state index contributed by atoms with van der Waals surface area (Å²) in [4.78, 5) is 31.0. The summed E-state index contributed by atoms with van der Waals surface area (Å²) in [5.74, 6) is 0.759. The summed E-state index contributed by atoms with van der Waals surface area (Å²) in [5, 5.41) is 3.34. The lowest BCUT2D eigenvalue weighted by molar-refractivity contribution is -0.132. The Hall–Kier alpha value is -2.96. The Morgan fingerprint density at radius 1 is 1.20 bits per heavy atom. The molecule has 6 nitrogen and oxygen atoms in total. The first-order valence-electron chi connectivity index (χ1n) is 13.0. The minimum Gasteiger partial charge on any atom is -0.370 e. The number of nitrogens with two attached hydrogens (primary N) is 1. The average Bonchev–Trinajstić information content (AvgIpc) is 2.88. The van der Waals surface area contributed by atoms with E-state index >= 15 is 0 Å². The van der Waals surface area contributed by atoms with Crippen LogP contribution < -0.4 is 11.1 Å². The second-order valence-corrected chi connectivity index (χ2v) is 9.32. The standard InChI is InChI=1S/C26H33FN4O2.C2H6/c27-22-5-1-3-20(16-22)21(17-24(28)32)15-18-10-13-31(14-11-18)25(33)9-8-23-7-6-19-4-2-12-29-26(19)30-23;1-2/h1,3,5-7,16,18,21H,2,4,8-15,17H2,(H2,28,32)(H,29,30);1-2H3. The summed E-state index contributed by atoms with van der Waals surface area (Å²) >= 11 is 0. The molecule has 1 saturated heterocycles. The lowest BCUT2D eigenvalue weighted by atomic mass is 9.82. The summed E-state index contributed by atoms with van der Waals surface area (Å²) in [7, 11) is 0. The maximum atomic E-state index is 13.7. The van der Waals surface area contributed by atoms with Gasteiger partial charge in [-0.1, -0.05) is 32.0 Å². The Morgan fingerprint density at radius 2 is 1.97 bits per heavy atom. The molecule has 3 N–H and O–H groups in total. The molecule has 35 heavy (non-hydrogen) atoms.